The Kier molecular flexibility index (Phi) is 6.63. The quantitative estimate of drug-likeness (QED) is 0.334. The second-order valence-corrected chi connectivity index (χ2v) is 8.70. The Morgan fingerprint density at radius 2 is 1.66 bits per heavy atom. The van der Waals surface area contributed by atoms with E-state index in [9.17, 15) is 9.90 Å². The second kappa shape index (κ2) is 9.60. The summed E-state index contributed by atoms with van der Waals surface area (Å²) in [5, 5.41) is 15.8. The van der Waals surface area contributed by atoms with Gasteiger partial charge < -0.3 is 5.11 Å². The molecule has 1 N–H and O–H groups in total. The summed E-state index contributed by atoms with van der Waals surface area (Å²) >= 11 is 12.3. The van der Waals surface area contributed by atoms with Gasteiger partial charge >= 0.3 is 5.97 Å². The number of carboxylic acid groups (broad SMARTS) is 1. The van der Waals surface area contributed by atoms with Crippen LogP contribution in [0.1, 0.15) is 28.3 Å². The van der Waals surface area contributed by atoms with E-state index in [1.165, 1.54) is 5.56 Å². The van der Waals surface area contributed by atoms with Crippen LogP contribution in [-0.4, -0.2) is 20.9 Å². The van der Waals surface area contributed by atoms with Gasteiger partial charge in [-0.1, -0.05) is 77.3 Å². The number of carboxylic acids is 1. The summed E-state index contributed by atoms with van der Waals surface area (Å²) in [6.45, 7) is 2.57. The van der Waals surface area contributed by atoms with Gasteiger partial charge in [0.05, 0.1) is 23.9 Å². The molecule has 0 spiro atoms. The van der Waals surface area contributed by atoms with Crippen molar-refractivity contribution in [3.8, 4) is 11.3 Å². The highest BCUT2D eigenvalue weighted by Gasteiger charge is 2.23. The minimum Gasteiger partial charge on any atom is -0.481 e. The molecular weight excluding hydrogens is 443 g/mol. The van der Waals surface area contributed by atoms with Crippen LogP contribution in [0.5, 0.6) is 0 Å². The summed E-state index contributed by atoms with van der Waals surface area (Å²) in [7, 11) is 0. The molecule has 1 atom stereocenters. The van der Waals surface area contributed by atoms with Crippen LogP contribution in [0.4, 0.5) is 0 Å². The zero-order valence-corrected chi connectivity index (χ0v) is 19.0. The molecule has 1 aromatic heterocycles. The van der Waals surface area contributed by atoms with Gasteiger partial charge in [0.15, 0.2) is 0 Å². The number of carbonyl (C=O) groups is 1. The lowest BCUT2D eigenvalue weighted by atomic mass is 9.94. The lowest BCUT2D eigenvalue weighted by molar-refractivity contribution is -0.138. The number of rotatable bonds is 7. The first kappa shape index (κ1) is 22.1. The number of benzene rings is 3. The molecule has 0 radical (unpaired) electrons. The van der Waals surface area contributed by atoms with Gasteiger partial charge in [-0.15, -0.1) is 0 Å². The topological polar surface area (TPSA) is 55.1 Å². The number of halogens is 2. The molecule has 0 saturated carbocycles. The summed E-state index contributed by atoms with van der Waals surface area (Å²) in [6.07, 6.45) is 0.261. The Labute approximate surface area is 197 Å². The number of hydrogen-bond donors (Lipinski definition) is 1. The standard InChI is InChI=1S/C26H22Cl2N2O2/c1-17-8-10-19(11-9-17)25-15-23(29-30(25)16-18-4-2-6-21(27)12-18)14-24(26(31)32)20-5-3-7-22(28)13-20/h2-13,15,24H,14,16H2,1H3,(H,31,32). The fraction of sp³-hybridized carbons (Fsp3) is 0.154. The minimum absolute atomic E-state index is 0.261. The Morgan fingerprint density at radius 3 is 2.31 bits per heavy atom. The highest BCUT2D eigenvalue weighted by Crippen LogP contribution is 2.28. The van der Waals surface area contributed by atoms with Crippen LogP contribution in [0.3, 0.4) is 0 Å². The molecule has 4 rings (SSSR count). The monoisotopic (exact) mass is 464 g/mol. The molecule has 4 aromatic rings. The van der Waals surface area contributed by atoms with Crippen molar-refractivity contribution in [3.05, 3.63) is 111 Å². The lowest BCUT2D eigenvalue weighted by Crippen LogP contribution is -2.15. The number of nitrogens with zero attached hydrogens (tertiary/aromatic N) is 2. The van der Waals surface area contributed by atoms with E-state index in [1.807, 2.05) is 41.9 Å². The molecule has 0 aliphatic heterocycles. The molecule has 32 heavy (non-hydrogen) atoms. The van der Waals surface area contributed by atoms with E-state index in [-0.39, 0.29) is 6.42 Å². The second-order valence-electron chi connectivity index (χ2n) is 7.82. The zero-order valence-electron chi connectivity index (χ0n) is 17.5. The lowest BCUT2D eigenvalue weighted by Gasteiger charge is -2.11. The van der Waals surface area contributed by atoms with E-state index >= 15 is 0 Å². The van der Waals surface area contributed by atoms with Crippen LogP contribution in [0, 0.1) is 6.92 Å². The molecule has 0 saturated heterocycles. The van der Waals surface area contributed by atoms with Gasteiger partial charge in [-0.3, -0.25) is 9.48 Å². The maximum atomic E-state index is 12.1. The van der Waals surface area contributed by atoms with E-state index in [2.05, 4.69) is 24.3 Å². The summed E-state index contributed by atoms with van der Waals surface area (Å²) in [5.74, 6) is -1.65. The van der Waals surface area contributed by atoms with Crippen molar-refractivity contribution in [2.45, 2.75) is 25.8 Å². The Bertz CT molecular complexity index is 1250. The Morgan fingerprint density at radius 1 is 0.969 bits per heavy atom. The molecule has 3 aromatic carbocycles. The first-order chi connectivity index (χ1) is 15.4. The van der Waals surface area contributed by atoms with E-state index in [0.29, 0.717) is 27.8 Å². The van der Waals surface area contributed by atoms with Crippen molar-refractivity contribution in [1.29, 1.82) is 0 Å². The Balaban J connectivity index is 1.72. The highest BCUT2D eigenvalue weighted by molar-refractivity contribution is 6.30. The first-order valence-electron chi connectivity index (χ1n) is 10.3. The minimum atomic E-state index is -0.909. The van der Waals surface area contributed by atoms with Crippen molar-refractivity contribution < 1.29 is 9.90 Å². The number of hydrogen-bond acceptors (Lipinski definition) is 2. The van der Waals surface area contributed by atoms with Crippen LogP contribution in [0.25, 0.3) is 11.3 Å². The molecule has 4 nitrogen and oxygen atoms in total. The van der Waals surface area contributed by atoms with Crippen molar-refractivity contribution in [3.63, 3.8) is 0 Å². The molecule has 0 fully saturated rings. The number of aliphatic carboxylic acids is 1. The predicted octanol–water partition coefficient (Wildman–Crippen LogP) is 6.62. The molecule has 0 aliphatic rings. The van der Waals surface area contributed by atoms with Gasteiger partial charge in [-0.2, -0.15) is 5.10 Å². The van der Waals surface area contributed by atoms with Crippen LogP contribution in [0.2, 0.25) is 10.0 Å². The third-order valence-corrected chi connectivity index (χ3v) is 5.83. The van der Waals surface area contributed by atoms with Crippen molar-refractivity contribution in [2.75, 3.05) is 0 Å². The smallest absolute Gasteiger partial charge is 0.311 e. The van der Waals surface area contributed by atoms with Crippen molar-refractivity contribution in [2.24, 2.45) is 0 Å². The van der Waals surface area contributed by atoms with Crippen LogP contribution < -0.4 is 0 Å². The van der Waals surface area contributed by atoms with Crippen LogP contribution >= 0.6 is 23.2 Å². The van der Waals surface area contributed by atoms with Crippen LogP contribution in [0.15, 0.2) is 78.9 Å². The molecule has 1 heterocycles. The first-order valence-corrected chi connectivity index (χ1v) is 11.0. The molecule has 0 amide bonds. The van der Waals surface area contributed by atoms with Gasteiger partial charge in [0.1, 0.15) is 0 Å². The zero-order chi connectivity index (χ0) is 22.7. The Hall–Kier alpha value is -3.08. The van der Waals surface area contributed by atoms with E-state index < -0.39 is 11.9 Å². The molecule has 6 heteroatoms. The highest BCUT2D eigenvalue weighted by atomic mass is 35.5. The molecular formula is C26H22Cl2N2O2. The maximum Gasteiger partial charge on any atom is 0.311 e. The molecule has 1 unspecified atom stereocenters. The molecule has 162 valence electrons. The largest absolute Gasteiger partial charge is 0.481 e. The summed E-state index contributed by atoms with van der Waals surface area (Å²) in [5.41, 5.74) is 5.49. The summed E-state index contributed by atoms with van der Waals surface area (Å²) < 4.78 is 1.91. The third-order valence-electron chi connectivity index (χ3n) is 5.36. The number of aromatic nitrogens is 2. The van der Waals surface area contributed by atoms with Crippen LogP contribution in [-0.2, 0) is 17.8 Å². The van der Waals surface area contributed by atoms with Gasteiger partial charge in [0, 0.05) is 16.5 Å². The van der Waals surface area contributed by atoms with E-state index in [4.69, 9.17) is 28.3 Å². The molecule has 0 bridgehead atoms. The normalized spacial score (nSPS) is 12.0. The fourth-order valence-corrected chi connectivity index (χ4v) is 4.15. The molecule has 0 aliphatic carbocycles. The third kappa shape index (κ3) is 5.21. The fourth-order valence-electron chi connectivity index (χ4n) is 3.74. The summed E-state index contributed by atoms with van der Waals surface area (Å²) in [4.78, 5) is 12.1. The van der Waals surface area contributed by atoms with Gasteiger partial charge in [0.2, 0.25) is 0 Å². The van der Waals surface area contributed by atoms with Gasteiger partial charge in [-0.05, 0) is 53.9 Å². The SMILES string of the molecule is Cc1ccc(-c2cc(CC(C(=O)O)c3cccc(Cl)c3)nn2Cc2cccc(Cl)c2)cc1. The average Bonchev–Trinajstić information content (AvgIpc) is 3.14. The van der Waals surface area contributed by atoms with Crippen molar-refractivity contribution in [1.82, 2.24) is 9.78 Å². The summed E-state index contributed by atoms with van der Waals surface area (Å²) in [6, 6.07) is 24.8. The average molecular weight is 465 g/mol. The van der Waals surface area contributed by atoms with Gasteiger partial charge in [0.25, 0.3) is 0 Å². The van der Waals surface area contributed by atoms with Crippen molar-refractivity contribution >= 4 is 29.2 Å². The van der Waals surface area contributed by atoms with E-state index in [1.54, 1.807) is 24.3 Å². The van der Waals surface area contributed by atoms with Gasteiger partial charge in [-0.25, -0.2) is 0 Å². The number of aryl methyl sites for hydroxylation is 1. The predicted molar refractivity (Wildman–Crippen MR) is 128 cm³/mol. The van der Waals surface area contributed by atoms with E-state index in [0.717, 1.165) is 16.8 Å². The maximum absolute atomic E-state index is 12.1.